The number of thioether (sulfide) groups is 1. The first-order valence-corrected chi connectivity index (χ1v) is 11.4. The van der Waals surface area contributed by atoms with Crippen LogP contribution in [0.2, 0.25) is 5.02 Å². The third kappa shape index (κ3) is 5.96. The van der Waals surface area contributed by atoms with Crippen LogP contribution in [0.15, 0.2) is 71.6 Å². The van der Waals surface area contributed by atoms with Crippen LogP contribution in [0.3, 0.4) is 0 Å². The summed E-state index contributed by atoms with van der Waals surface area (Å²) in [6.45, 7) is 0.998. The lowest BCUT2D eigenvalue weighted by Gasteiger charge is -2.18. The van der Waals surface area contributed by atoms with Crippen LogP contribution in [0.1, 0.15) is 21.5 Å². The minimum absolute atomic E-state index is 0.109. The van der Waals surface area contributed by atoms with Gasteiger partial charge in [-0.3, -0.25) is 20.4 Å². The standard InChI is InChI=1S/C24H21ClN2O4S/c25-19-6-8-20(9-7-19)32-15-16-1-4-18(5-2-16)24(29)27-26-23(28)14-17-3-10-21-22(13-17)31-12-11-30-21/h1-10,13H,11-12,14-15H2,(H,26,28)(H,27,29). The lowest BCUT2D eigenvalue weighted by atomic mass is 10.1. The second-order valence-electron chi connectivity index (χ2n) is 7.10. The summed E-state index contributed by atoms with van der Waals surface area (Å²) in [4.78, 5) is 25.7. The van der Waals surface area contributed by atoms with Gasteiger partial charge in [-0.15, -0.1) is 11.8 Å². The molecular formula is C24H21ClN2O4S. The SMILES string of the molecule is O=C(Cc1ccc2c(c1)OCCO2)NNC(=O)c1ccc(CSc2ccc(Cl)cc2)cc1. The molecule has 0 bridgehead atoms. The highest BCUT2D eigenvalue weighted by atomic mass is 35.5. The van der Waals surface area contributed by atoms with Gasteiger partial charge in [-0.25, -0.2) is 0 Å². The summed E-state index contributed by atoms with van der Waals surface area (Å²) in [6.07, 6.45) is 0.109. The number of amides is 2. The second-order valence-corrected chi connectivity index (χ2v) is 8.58. The van der Waals surface area contributed by atoms with E-state index in [0.29, 0.717) is 35.3 Å². The molecule has 0 radical (unpaired) electrons. The number of fused-ring (bicyclic) bond motifs is 1. The monoisotopic (exact) mass is 468 g/mol. The maximum Gasteiger partial charge on any atom is 0.269 e. The van der Waals surface area contributed by atoms with Crippen LogP contribution < -0.4 is 20.3 Å². The fourth-order valence-corrected chi connectivity index (χ4v) is 4.06. The molecule has 0 aromatic heterocycles. The molecule has 2 N–H and O–H groups in total. The van der Waals surface area contributed by atoms with Crippen LogP contribution in [0, 0.1) is 0 Å². The number of nitrogens with one attached hydrogen (secondary N) is 2. The van der Waals surface area contributed by atoms with Gasteiger partial charge in [-0.1, -0.05) is 29.8 Å². The van der Waals surface area contributed by atoms with Crippen molar-refractivity contribution in [2.45, 2.75) is 17.1 Å². The largest absolute Gasteiger partial charge is 0.486 e. The Morgan fingerprint density at radius 1 is 0.844 bits per heavy atom. The summed E-state index contributed by atoms with van der Waals surface area (Å²) >= 11 is 7.59. The van der Waals surface area contributed by atoms with Gasteiger partial charge in [-0.05, 0) is 59.7 Å². The van der Waals surface area contributed by atoms with E-state index in [1.807, 2.05) is 36.4 Å². The molecule has 32 heavy (non-hydrogen) atoms. The minimum atomic E-state index is -0.377. The quantitative estimate of drug-likeness (QED) is 0.414. The van der Waals surface area contributed by atoms with Crippen molar-refractivity contribution < 1.29 is 19.1 Å². The first-order valence-electron chi connectivity index (χ1n) is 10.0. The fraction of sp³-hybridized carbons (Fsp3) is 0.167. The van der Waals surface area contributed by atoms with E-state index in [1.165, 1.54) is 0 Å². The van der Waals surface area contributed by atoms with Gasteiger partial charge in [0.05, 0.1) is 6.42 Å². The zero-order valence-electron chi connectivity index (χ0n) is 17.1. The molecule has 4 rings (SSSR count). The number of hydrogen-bond acceptors (Lipinski definition) is 5. The van der Waals surface area contributed by atoms with Gasteiger partial charge in [0.25, 0.3) is 5.91 Å². The summed E-state index contributed by atoms with van der Waals surface area (Å²) in [5.74, 6) is 1.36. The van der Waals surface area contributed by atoms with Crippen LogP contribution >= 0.6 is 23.4 Å². The molecule has 0 spiro atoms. The number of rotatable bonds is 6. The summed E-state index contributed by atoms with van der Waals surface area (Å²) in [5.41, 5.74) is 7.22. The molecule has 0 unspecified atom stereocenters. The van der Waals surface area contributed by atoms with Crippen molar-refractivity contribution in [2.75, 3.05) is 13.2 Å². The number of hydrogen-bond donors (Lipinski definition) is 2. The highest BCUT2D eigenvalue weighted by molar-refractivity contribution is 7.98. The molecule has 164 valence electrons. The highest BCUT2D eigenvalue weighted by Crippen LogP contribution is 2.30. The molecule has 0 aliphatic carbocycles. The number of ether oxygens (including phenoxy) is 2. The van der Waals surface area contributed by atoms with E-state index < -0.39 is 0 Å². The fourth-order valence-electron chi connectivity index (χ4n) is 3.08. The maximum atomic E-state index is 12.3. The van der Waals surface area contributed by atoms with Gasteiger partial charge in [0, 0.05) is 21.2 Å². The molecule has 0 fully saturated rings. The van der Waals surface area contributed by atoms with Crippen LogP contribution in [0.5, 0.6) is 11.5 Å². The Labute approximate surface area is 195 Å². The molecule has 1 aliphatic heterocycles. The number of hydrazine groups is 1. The van der Waals surface area contributed by atoms with Crippen molar-refractivity contribution in [3.63, 3.8) is 0 Å². The van der Waals surface area contributed by atoms with Crippen molar-refractivity contribution in [2.24, 2.45) is 0 Å². The molecule has 0 saturated heterocycles. The number of benzene rings is 3. The van der Waals surface area contributed by atoms with Crippen LogP contribution in [-0.2, 0) is 17.0 Å². The van der Waals surface area contributed by atoms with E-state index in [2.05, 4.69) is 10.9 Å². The molecule has 0 atom stereocenters. The van der Waals surface area contributed by atoms with Crippen molar-refractivity contribution in [1.82, 2.24) is 10.9 Å². The predicted molar refractivity (Wildman–Crippen MR) is 124 cm³/mol. The van der Waals surface area contributed by atoms with Crippen molar-refractivity contribution >= 4 is 35.2 Å². The molecule has 2 amide bonds. The van der Waals surface area contributed by atoms with E-state index in [0.717, 1.165) is 21.8 Å². The van der Waals surface area contributed by atoms with E-state index in [1.54, 1.807) is 42.1 Å². The Hall–Kier alpha value is -3.16. The summed E-state index contributed by atoms with van der Waals surface area (Å²) in [7, 11) is 0. The molecule has 1 aliphatic rings. The molecule has 3 aromatic carbocycles. The summed E-state index contributed by atoms with van der Waals surface area (Å²) in [6, 6.07) is 20.3. The van der Waals surface area contributed by atoms with Gasteiger partial charge >= 0.3 is 0 Å². The zero-order valence-corrected chi connectivity index (χ0v) is 18.7. The molecule has 6 nitrogen and oxygen atoms in total. The second kappa shape index (κ2) is 10.4. The van der Waals surface area contributed by atoms with Crippen molar-refractivity contribution in [3.8, 4) is 11.5 Å². The van der Waals surface area contributed by atoms with E-state index in [-0.39, 0.29) is 18.2 Å². The Morgan fingerprint density at radius 2 is 1.53 bits per heavy atom. The number of halogens is 1. The molecular weight excluding hydrogens is 448 g/mol. The van der Waals surface area contributed by atoms with E-state index >= 15 is 0 Å². The van der Waals surface area contributed by atoms with Gasteiger partial charge in [0.1, 0.15) is 13.2 Å². The Kier molecular flexibility index (Phi) is 7.19. The van der Waals surface area contributed by atoms with Gasteiger partial charge in [0.15, 0.2) is 11.5 Å². The smallest absolute Gasteiger partial charge is 0.269 e. The predicted octanol–water partition coefficient (Wildman–Crippen LogP) is 4.41. The van der Waals surface area contributed by atoms with Crippen molar-refractivity contribution in [1.29, 1.82) is 0 Å². The summed E-state index contributed by atoms with van der Waals surface area (Å²) < 4.78 is 11.0. The average molecular weight is 469 g/mol. The number of carbonyl (C=O) groups is 2. The first kappa shape index (κ1) is 22.0. The topological polar surface area (TPSA) is 76.7 Å². The summed E-state index contributed by atoms with van der Waals surface area (Å²) in [5, 5.41) is 0.711. The van der Waals surface area contributed by atoms with E-state index in [9.17, 15) is 9.59 Å². The Bertz CT molecular complexity index is 1100. The maximum absolute atomic E-state index is 12.3. The molecule has 8 heteroatoms. The van der Waals surface area contributed by atoms with Crippen molar-refractivity contribution in [3.05, 3.63) is 88.4 Å². The first-order chi connectivity index (χ1) is 15.6. The third-order valence-corrected chi connectivity index (χ3v) is 6.06. The highest BCUT2D eigenvalue weighted by Gasteiger charge is 2.14. The minimum Gasteiger partial charge on any atom is -0.486 e. The Balaban J connectivity index is 1.24. The van der Waals surface area contributed by atoms with Gasteiger partial charge in [-0.2, -0.15) is 0 Å². The average Bonchev–Trinajstić information content (AvgIpc) is 2.82. The normalized spacial score (nSPS) is 12.2. The van der Waals surface area contributed by atoms with Crippen LogP contribution in [0.25, 0.3) is 0 Å². The Morgan fingerprint density at radius 3 is 2.28 bits per heavy atom. The van der Waals surface area contributed by atoms with Gasteiger partial charge in [0.2, 0.25) is 5.91 Å². The third-order valence-electron chi connectivity index (χ3n) is 4.72. The lowest BCUT2D eigenvalue weighted by molar-refractivity contribution is -0.121. The molecule has 0 saturated carbocycles. The lowest BCUT2D eigenvalue weighted by Crippen LogP contribution is -2.42. The van der Waals surface area contributed by atoms with Crippen LogP contribution in [0.4, 0.5) is 0 Å². The zero-order chi connectivity index (χ0) is 22.3. The van der Waals surface area contributed by atoms with Gasteiger partial charge < -0.3 is 9.47 Å². The van der Waals surface area contributed by atoms with Crippen LogP contribution in [-0.4, -0.2) is 25.0 Å². The van der Waals surface area contributed by atoms with E-state index in [4.69, 9.17) is 21.1 Å². The molecule has 3 aromatic rings. The number of carbonyl (C=O) groups excluding carboxylic acids is 2. The molecule has 1 heterocycles.